The van der Waals surface area contributed by atoms with Crippen molar-refractivity contribution in [3.8, 4) is 0 Å². The Balaban J connectivity index is 1.66. The third-order valence-electron chi connectivity index (χ3n) is 3.66. The minimum absolute atomic E-state index is 0.124. The number of allylic oxidation sites excluding steroid dienone is 1. The Kier molecular flexibility index (Phi) is 4.95. The molecule has 3 heterocycles. The lowest BCUT2D eigenvalue weighted by Crippen LogP contribution is -2.35. The summed E-state index contributed by atoms with van der Waals surface area (Å²) in [7, 11) is 0. The fraction of sp³-hybridized carbons (Fsp3) is 0.312. The van der Waals surface area contributed by atoms with E-state index in [2.05, 4.69) is 26.8 Å². The van der Waals surface area contributed by atoms with Crippen LogP contribution in [0.4, 0.5) is 5.13 Å². The normalized spacial score (nSPS) is 13.2. The molecule has 0 atom stereocenters. The molecule has 0 fully saturated rings. The molecule has 3 rings (SSSR count). The Bertz CT molecular complexity index is 759. The monoisotopic (exact) mass is 343 g/mol. The molecule has 124 valence electrons. The number of carbonyl (C=O) groups is 2. The summed E-state index contributed by atoms with van der Waals surface area (Å²) >= 11 is 1.40. The second-order valence-corrected chi connectivity index (χ2v) is 6.41. The van der Waals surface area contributed by atoms with Crippen LogP contribution in [0.1, 0.15) is 33.9 Å². The van der Waals surface area contributed by atoms with Crippen LogP contribution in [0, 0.1) is 0 Å². The fourth-order valence-electron chi connectivity index (χ4n) is 2.42. The molecule has 7 nitrogen and oxygen atoms in total. The van der Waals surface area contributed by atoms with Crippen molar-refractivity contribution in [2.45, 2.75) is 25.8 Å². The van der Waals surface area contributed by atoms with Crippen LogP contribution in [0.25, 0.3) is 0 Å². The lowest BCUT2D eigenvalue weighted by molar-refractivity contribution is -0.132. The first kappa shape index (κ1) is 16.3. The summed E-state index contributed by atoms with van der Waals surface area (Å²) in [6, 6.07) is 0. The lowest BCUT2D eigenvalue weighted by Gasteiger charge is -2.25. The van der Waals surface area contributed by atoms with E-state index < -0.39 is 0 Å². The number of hydrogen-bond donors (Lipinski definition) is 1. The zero-order chi connectivity index (χ0) is 16.9. The smallest absolute Gasteiger partial charge is 0.277 e. The van der Waals surface area contributed by atoms with E-state index in [9.17, 15) is 9.59 Å². The predicted octanol–water partition coefficient (Wildman–Crippen LogP) is 2.04. The van der Waals surface area contributed by atoms with Crippen LogP contribution in [-0.2, 0) is 17.8 Å². The van der Waals surface area contributed by atoms with Crippen LogP contribution < -0.4 is 5.32 Å². The van der Waals surface area contributed by atoms with Crippen molar-refractivity contribution in [3.63, 3.8) is 0 Å². The van der Waals surface area contributed by atoms with Crippen LogP contribution in [0.3, 0.4) is 0 Å². The van der Waals surface area contributed by atoms with Gasteiger partial charge in [-0.25, -0.2) is 9.97 Å². The molecule has 24 heavy (non-hydrogen) atoms. The number of nitrogens with zero attached hydrogens (tertiary/aromatic N) is 4. The lowest BCUT2D eigenvalue weighted by atomic mass is 10.1. The van der Waals surface area contributed by atoms with Crippen molar-refractivity contribution >= 4 is 28.3 Å². The summed E-state index contributed by atoms with van der Waals surface area (Å²) in [6.45, 7) is 4.84. The van der Waals surface area contributed by atoms with Crippen molar-refractivity contribution < 1.29 is 9.59 Å². The summed E-state index contributed by atoms with van der Waals surface area (Å²) in [5, 5.41) is 3.27. The van der Waals surface area contributed by atoms with Crippen molar-refractivity contribution in [2.75, 3.05) is 11.9 Å². The molecule has 0 unspecified atom stereocenters. The van der Waals surface area contributed by atoms with Crippen LogP contribution in [0.5, 0.6) is 0 Å². The number of anilines is 1. The Morgan fingerprint density at radius 2 is 2.29 bits per heavy atom. The van der Waals surface area contributed by atoms with Crippen LogP contribution >= 0.6 is 11.3 Å². The first-order valence-electron chi connectivity index (χ1n) is 7.62. The second-order valence-electron chi connectivity index (χ2n) is 5.33. The third-order valence-corrected chi connectivity index (χ3v) is 4.66. The number of hydrogen-bond acceptors (Lipinski definition) is 6. The van der Waals surface area contributed by atoms with Gasteiger partial charge in [-0.1, -0.05) is 17.4 Å². The zero-order valence-electron chi connectivity index (χ0n) is 13.1. The molecular formula is C16H17N5O2S. The number of carbonyl (C=O) groups excluding carboxylic acids is 2. The summed E-state index contributed by atoms with van der Waals surface area (Å²) in [5.74, 6) is -0.216. The van der Waals surface area contributed by atoms with Crippen LogP contribution in [0.15, 0.2) is 31.2 Å². The topological polar surface area (TPSA) is 88.1 Å². The molecule has 2 aromatic heterocycles. The highest BCUT2D eigenvalue weighted by Crippen LogP contribution is 2.28. The van der Waals surface area contributed by atoms with Gasteiger partial charge in [-0.2, -0.15) is 0 Å². The van der Waals surface area contributed by atoms with E-state index in [0.717, 1.165) is 10.6 Å². The average Bonchev–Trinajstić information content (AvgIpc) is 3.01. The molecule has 0 bridgehead atoms. The Labute approximate surface area is 143 Å². The quantitative estimate of drug-likeness (QED) is 0.839. The minimum atomic E-state index is -0.340. The molecule has 1 aliphatic rings. The average molecular weight is 343 g/mol. The summed E-state index contributed by atoms with van der Waals surface area (Å²) in [6.07, 6.45) is 8.00. The molecule has 0 spiro atoms. The van der Waals surface area contributed by atoms with Gasteiger partial charge >= 0.3 is 0 Å². The van der Waals surface area contributed by atoms with E-state index in [1.807, 2.05) is 4.90 Å². The number of fused-ring (bicyclic) bond motifs is 1. The Morgan fingerprint density at radius 3 is 3.04 bits per heavy atom. The number of aromatic nitrogens is 3. The van der Waals surface area contributed by atoms with Crippen molar-refractivity contribution in [3.05, 3.63) is 47.5 Å². The van der Waals surface area contributed by atoms with E-state index in [-0.39, 0.29) is 17.5 Å². The minimum Gasteiger partial charge on any atom is -0.337 e. The molecule has 0 radical (unpaired) electrons. The van der Waals surface area contributed by atoms with Gasteiger partial charge in [0.2, 0.25) is 5.91 Å². The van der Waals surface area contributed by atoms with E-state index in [1.165, 1.54) is 29.9 Å². The van der Waals surface area contributed by atoms with E-state index >= 15 is 0 Å². The number of amides is 2. The molecule has 2 aromatic rings. The summed E-state index contributed by atoms with van der Waals surface area (Å²) in [4.78, 5) is 39.4. The molecular weight excluding hydrogens is 326 g/mol. The van der Waals surface area contributed by atoms with Crippen molar-refractivity contribution in [1.82, 2.24) is 19.9 Å². The van der Waals surface area contributed by atoms with Crippen LogP contribution in [-0.4, -0.2) is 38.2 Å². The molecule has 1 N–H and O–H groups in total. The molecule has 1 aliphatic heterocycles. The standard InChI is InChI=1S/C16H17N5O2S/c1-2-3-4-14(22)21-8-5-11-13(10-21)24-16(19-11)20-15(23)12-9-17-6-7-18-12/h2,6-7,9H,1,3-5,8,10H2,(H,19,20,23). The third kappa shape index (κ3) is 3.65. The Morgan fingerprint density at radius 1 is 1.42 bits per heavy atom. The maximum atomic E-state index is 12.1. The molecule has 0 aliphatic carbocycles. The summed E-state index contributed by atoms with van der Waals surface area (Å²) < 4.78 is 0. The van der Waals surface area contributed by atoms with Gasteiger partial charge in [-0.05, 0) is 6.42 Å². The predicted molar refractivity (Wildman–Crippen MR) is 90.7 cm³/mol. The summed E-state index contributed by atoms with van der Waals surface area (Å²) in [5.41, 5.74) is 1.19. The Hall–Kier alpha value is -2.61. The zero-order valence-corrected chi connectivity index (χ0v) is 13.9. The van der Waals surface area contributed by atoms with E-state index in [0.29, 0.717) is 37.5 Å². The van der Waals surface area contributed by atoms with Gasteiger partial charge in [0, 0.05) is 36.7 Å². The SMILES string of the molecule is C=CCCC(=O)N1CCc2nc(NC(=O)c3cnccn3)sc2C1. The first-order valence-corrected chi connectivity index (χ1v) is 8.43. The van der Waals surface area contributed by atoms with Gasteiger partial charge in [-0.3, -0.25) is 19.9 Å². The molecule has 0 saturated carbocycles. The van der Waals surface area contributed by atoms with E-state index in [1.54, 1.807) is 6.08 Å². The highest BCUT2D eigenvalue weighted by molar-refractivity contribution is 7.15. The fourth-order valence-corrected chi connectivity index (χ4v) is 3.44. The second kappa shape index (κ2) is 7.31. The maximum Gasteiger partial charge on any atom is 0.277 e. The van der Waals surface area contributed by atoms with Gasteiger partial charge in [0.05, 0.1) is 18.4 Å². The molecule has 0 aromatic carbocycles. The van der Waals surface area contributed by atoms with Gasteiger partial charge in [0.25, 0.3) is 5.91 Å². The number of rotatable bonds is 5. The van der Waals surface area contributed by atoms with Gasteiger partial charge in [0.1, 0.15) is 5.69 Å². The molecule has 8 heteroatoms. The van der Waals surface area contributed by atoms with Crippen LogP contribution in [0.2, 0.25) is 0 Å². The van der Waals surface area contributed by atoms with Crippen molar-refractivity contribution in [1.29, 1.82) is 0 Å². The number of nitrogens with one attached hydrogen (secondary N) is 1. The maximum absolute atomic E-state index is 12.1. The van der Waals surface area contributed by atoms with Gasteiger partial charge < -0.3 is 4.90 Å². The first-order chi connectivity index (χ1) is 11.7. The molecule has 2 amide bonds. The van der Waals surface area contributed by atoms with Gasteiger partial charge in [-0.15, -0.1) is 6.58 Å². The largest absolute Gasteiger partial charge is 0.337 e. The molecule has 0 saturated heterocycles. The number of thiazole rings is 1. The highest BCUT2D eigenvalue weighted by atomic mass is 32.1. The van der Waals surface area contributed by atoms with Gasteiger partial charge in [0.15, 0.2) is 5.13 Å². The van der Waals surface area contributed by atoms with E-state index in [4.69, 9.17) is 0 Å². The highest BCUT2D eigenvalue weighted by Gasteiger charge is 2.24. The van der Waals surface area contributed by atoms with Crippen molar-refractivity contribution in [2.24, 2.45) is 0 Å².